The highest BCUT2D eigenvalue weighted by Crippen LogP contribution is 2.32. The molecule has 1 fully saturated rings. The third-order valence-electron chi connectivity index (χ3n) is 4.48. The number of nitrogens with zero attached hydrogens (tertiary/aromatic N) is 2. The van der Waals surface area contributed by atoms with Crippen LogP contribution < -0.4 is 5.32 Å². The molecule has 0 radical (unpaired) electrons. The van der Waals surface area contributed by atoms with Crippen LogP contribution in [0.3, 0.4) is 0 Å². The molecule has 1 aromatic carbocycles. The van der Waals surface area contributed by atoms with E-state index in [9.17, 15) is 14.4 Å². The van der Waals surface area contributed by atoms with Crippen molar-refractivity contribution in [2.45, 2.75) is 26.7 Å². The molecule has 3 amide bonds. The second-order valence-electron chi connectivity index (χ2n) is 6.54. The monoisotopic (exact) mass is 433 g/mol. The van der Waals surface area contributed by atoms with Crippen molar-refractivity contribution in [2.75, 3.05) is 13.1 Å². The fourth-order valence-electron chi connectivity index (χ4n) is 2.90. The second kappa shape index (κ2) is 9.28. The third-order valence-corrected chi connectivity index (χ3v) is 5.64. The van der Waals surface area contributed by atoms with Crippen molar-refractivity contribution in [1.29, 1.82) is 0 Å². The van der Waals surface area contributed by atoms with Crippen molar-refractivity contribution < 1.29 is 18.9 Å². The molecule has 0 unspecified atom stereocenters. The lowest BCUT2D eigenvalue weighted by Crippen LogP contribution is -2.37. The molecule has 0 spiro atoms. The van der Waals surface area contributed by atoms with E-state index >= 15 is 0 Å². The predicted octanol–water partition coefficient (Wildman–Crippen LogP) is 3.73. The van der Waals surface area contributed by atoms with Gasteiger partial charge in [-0.15, -0.1) is 0 Å². The maximum absolute atomic E-state index is 12.5. The Bertz CT molecular complexity index is 949. The molecule has 0 bridgehead atoms. The van der Waals surface area contributed by atoms with Crippen LogP contribution in [-0.4, -0.2) is 40.2 Å². The Labute approximate surface area is 177 Å². The van der Waals surface area contributed by atoms with Crippen LogP contribution in [0.25, 0.3) is 6.08 Å². The van der Waals surface area contributed by atoms with Gasteiger partial charge in [-0.3, -0.25) is 19.3 Å². The van der Waals surface area contributed by atoms with E-state index in [0.29, 0.717) is 22.1 Å². The number of carbonyl (C=O) groups is 3. The largest absolute Gasteiger partial charge is 0.361 e. The lowest BCUT2D eigenvalue weighted by molar-refractivity contribution is -0.124. The Morgan fingerprint density at radius 2 is 2.00 bits per heavy atom. The zero-order chi connectivity index (χ0) is 21.0. The summed E-state index contributed by atoms with van der Waals surface area (Å²) in [4.78, 5) is 38.2. The number of imide groups is 1. The number of amides is 3. The van der Waals surface area contributed by atoms with E-state index in [0.717, 1.165) is 33.5 Å². The molecule has 3 rings (SSSR count). The summed E-state index contributed by atoms with van der Waals surface area (Å²) in [6.45, 7) is 3.97. The first-order valence-electron chi connectivity index (χ1n) is 9.04. The van der Waals surface area contributed by atoms with Gasteiger partial charge in [-0.05, 0) is 55.8 Å². The van der Waals surface area contributed by atoms with E-state index in [1.54, 1.807) is 30.3 Å². The highest BCUT2D eigenvalue weighted by molar-refractivity contribution is 8.18. The number of hydrogen-bond donors (Lipinski definition) is 1. The highest BCUT2D eigenvalue weighted by atomic mass is 35.5. The molecule has 29 heavy (non-hydrogen) atoms. The van der Waals surface area contributed by atoms with Gasteiger partial charge >= 0.3 is 0 Å². The quantitative estimate of drug-likeness (QED) is 0.669. The fraction of sp³-hybridized carbons (Fsp3) is 0.300. The number of nitrogens with one attached hydrogen (secondary N) is 1. The van der Waals surface area contributed by atoms with Gasteiger partial charge < -0.3 is 9.84 Å². The van der Waals surface area contributed by atoms with Crippen molar-refractivity contribution in [2.24, 2.45) is 0 Å². The van der Waals surface area contributed by atoms with Gasteiger partial charge in [0.15, 0.2) is 0 Å². The first kappa shape index (κ1) is 21.1. The van der Waals surface area contributed by atoms with E-state index in [-0.39, 0.29) is 36.6 Å². The summed E-state index contributed by atoms with van der Waals surface area (Å²) >= 11 is 6.74. The minimum Gasteiger partial charge on any atom is -0.361 e. The maximum atomic E-state index is 12.5. The van der Waals surface area contributed by atoms with E-state index < -0.39 is 0 Å². The Hall–Kier alpha value is -2.58. The number of aromatic nitrogens is 1. The van der Waals surface area contributed by atoms with Gasteiger partial charge in [-0.1, -0.05) is 28.9 Å². The van der Waals surface area contributed by atoms with Crippen LogP contribution in [0, 0.1) is 13.8 Å². The molecule has 1 aliphatic heterocycles. The Balaban J connectivity index is 1.49. The van der Waals surface area contributed by atoms with Gasteiger partial charge in [0.2, 0.25) is 5.91 Å². The predicted molar refractivity (Wildman–Crippen MR) is 111 cm³/mol. The zero-order valence-electron chi connectivity index (χ0n) is 16.0. The molecule has 1 N–H and O–H groups in total. The van der Waals surface area contributed by atoms with Gasteiger partial charge in [-0.25, -0.2) is 0 Å². The molecule has 0 saturated carbocycles. The summed E-state index contributed by atoms with van der Waals surface area (Å²) in [6.07, 6.45) is 2.46. The summed E-state index contributed by atoms with van der Waals surface area (Å²) in [5.41, 5.74) is 2.49. The Morgan fingerprint density at radius 3 is 2.66 bits per heavy atom. The number of benzene rings is 1. The van der Waals surface area contributed by atoms with Crippen LogP contribution in [0.15, 0.2) is 33.7 Å². The number of aryl methyl sites for hydroxylation is 2. The molecule has 0 atom stereocenters. The molecule has 0 aliphatic carbocycles. The highest BCUT2D eigenvalue weighted by Gasteiger charge is 2.34. The minimum absolute atomic E-state index is 0.125. The summed E-state index contributed by atoms with van der Waals surface area (Å²) in [5, 5.41) is 6.86. The van der Waals surface area contributed by atoms with Crippen LogP contribution in [0.1, 0.15) is 29.0 Å². The average Bonchev–Trinajstić information content (AvgIpc) is 3.14. The van der Waals surface area contributed by atoms with Crippen LogP contribution in [-0.2, 0) is 16.0 Å². The van der Waals surface area contributed by atoms with Gasteiger partial charge in [0, 0.05) is 30.1 Å². The van der Waals surface area contributed by atoms with Crippen molar-refractivity contribution in [3.63, 3.8) is 0 Å². The first-order valence-corrected chi connectivity index (χ1v) is 10.2. The molecule has 2 aromatic rings. The summed E-state index contributed by atoms with van der Waals surface area (Å²) in [7, 11) is 0. The van der Waals surface area contributed by atoms with E-state index in [2.05, 4.69) is 10.5 Å². The van der Waals surface area contributed by atoms with Crippen LogP contribution in [0.5, 0.6) is 0 Å². The van der Waals surface area contributed by atoms with Crippen LogP contribution in [0.4, 0.5) is 4.79 Å². The SMILES string of the molecule is Cc1noc(C)c1CCC(=O)NCCN1C(=O)SC(=Cc2ccc(Cl)cc2)C1=O. The summed E-state index contributed by atoms with van der Waals surface area (Å²) in [6, 6.07) is 6.98. The number of rotatable bonds is 7. The molecule has 152 valence electrons. The molecule has 1 aliphatic rings. The van der Waals surface area contributed by atoms with E-state index in [1.807, 2.05) is 13.8 Å². The van der Waals surface area contributed by atoms with Crippen molar-refractivity contribution in [1.82, 2.24) is 15.4 Å². The van der Waals surface area contributed by atoms with Gasteiger partial charge in [0.25, 0.3) is 11.1 Å². The molecule has 7 nitrogen and oxygen atoms in total. The molecule has 1 saturated heterocycles. The van der Waals surface area contributed by atoms with Crippen LogP contribution >= 0.6 is 23.4 Å². The van der Waals surface area contributed by atoms with Crippen molar-refractivity contribution in [3.05, 3.63) is 56.8 Å². The van der Waals surface area contributed by atoms with Crippen LogP contribution in [0.2, 0.25) is 5.02 Å². The maximum Gasteiger partial charge on any atom is 0.293 e. The number of halogens is 1. The van der Waals surface area contributed by atoms with Gasteiger partial charge in [0.05, 0.1) is 10.6 Å². The number of thioether (sulfide) groups is 1. The number of carbonyl (C=O) groups excluding carboxylic acids is 3. The zero-order valence-corrected chi connectivity index (χ0v) is 17.6. The summed E-state index contributed by atoms with van der Waals surface area (Å²) < 4.78 is 5.08. The van der Waals surface area contributed by atoms with Gasteiger partial charge in [0.1, 0.15) is 5.76 Å². The van der Waals surface area contributed by atoms with E-state index in [1.165, 1.54) is 0 Å². The molecule has 1 aromatic heterocycles. The normalized spacial score (nSPS) is 15.4. The molecule has 2 heterocycles. The molecular weight excluding hydrogens is 414 g/mol. The minimum atomic E-state index is -0.361. The standard InChI is InChI=1S/C20H20ClN3O4S/c1-12-16(13(2)28-23-12)7-8-18(25)22-9-10-24-19(26)17(29-20(24)27)11-14-3-5-15(21)6-4-14/h3-6,11H,7-10H2,1-2H3,(H,22,25). The topological polar surface area (TPSA) is 92.5 Å². The second-order valence-corrected chi connectivity index (χ2v) is 7.97. The molecule has 9 heteroatoms. The lowest BCUT2D eigenvalue weighted by atomic mass is 10.1. The Morgan fingerprint density at radius 1 is 1.28 bits per heavy atom. The smallest absolute Gasteiger partial charge is 0.293 e. The van der Waals surface area contributed by atoms with Crippen molar-refractivity contribution >= 4 is 46.5 Å². The lowest BCUT2D eigenvalue weighted by Gasteiger charge is -2.13. The third kappa shape index (κ3) is 5.27. The molecular formula is C20H20ClN3O4S. The van der Waals surface area contributed by atoms with Crippen molar-refractivity contribution in [3.8, 4) is 0 Å². The first-order chi connectivity index (χ1) is 13.8. The Kier molecular flexibility index (Phi) is 6.76. The van der Waals surface area contributed by atoms with E-state index in [4.69, 9.17) is 16.1 Å². The average molecular weight is 434 g/mol. The number of hydrogen-bond acceptors (Lipinski definition) is 6. The van der Waals surface area contributed by atoms with Gasteiger partial charge in [-0.2, -0.15) is 0 Å². The fourth-order valence-corrected chi connectivity index (χ4v) is 3.89. The summed E-state index contributed by atoms with van der Waals surface area (Å²) in [5.74, 6) is 0.189.